The van der Waals surface area contributed by atoms with Gasteiger partial charge in [0, 0.05) is 37.1 Å². The molecule has 2 amide bonds. The second-order valence-electron chi connectivity index (χ2n) is 7.58. The Morgan fingerprint density at radius 1 is 1.07 bits per heavy atom. The van der Waals surface area contributed by atoms with Gasteiger partial charge in [0.2, 0.25) is 11.8 Å². The van der Waals surface area contributed by atoms with Crippen LogP contribution in [-0.4, -0.2) is 31.7 Å². The van der Waals surface area contributed by atoms with E-state index in [2.05, 4.69) is 5.32 Å². The molecule has 1 saturated heterocycles. The van der Waals surface area contributed by atoms with Crippen molar-refractivity contribution in [2.45, 2.75) is 24.6 Å². The molecule has 1 N–H and O–H groups in total. The Bertz CT molecular complexity index is 860. The van der Waals surface area contributed by atoms with Crippen molar-refractivity contribution in [1.29, 1.82) is 0 Å². The van der Waals surface area contributed by atoms with E-state index < -0.39 is 0 Å². The van der Waals surface area contributed by atoms with E-state index in [1.54, 1.807) is 11.8 Å². The highest BCUT2D eigenvalue weighted by Crippen LogP contribution is 2.42. The third kappa shape index (κ3) is 3.74. The van der Waals surface area contributed by atoms with Gasteiger partial charge in [-0.1, -0.05) is 18.6 Å². The fourth-order valence-electron chi connectivity index (χ4n) is 3.51. The van der Waals surface area contributed by atoms with Crippen molar-refractivity contribution in [2.75, 3.05) is 35.0 Å². The van der Waals surface area contributed by atoms with Crippen LogP contribution < -0.4 is 15.1 Å². The van der Waals surface area contributed by atoms with E-state index in [-0.39, 0.29) is 23.1 Å². The molecule has 4 rings (SSSR count). The summed E-state index contributed by atoms with van der Waals surface area (Å²) in [7, 11) is 4.00. The lowest BCUT2D eigenvalue weighted by Gasteiger charge is -2.26. The molecule has 28 heavy (non-hydrogen) atoms. The van der Waals surface area contributed by atoms with Crippen LogP contribution in [0.25, 0.3) is 0 Å². The number of carbonyl (C=O) groups is 2. The normalized spacial score (nSPS) is 19.4. The molecule has 1 saturated carbocycles. The molecule has 2 fully saturated rings. The van der Waals surface area contributed by atoms with Gasteiger partial charge >= 0.3 is 0 Å². The Labute approximate surface area is 170 Å². The first-order chi connectivity index (χ1) is 13.5. The summed E-state index contributed by atoms with van der Waals surface area (Å²) in [6.45, 7) is 0. The predicted octanol–water partition coefficient (Wildman–Crippen LogP) is 4.27. The van der Waals surface area contributed by atoms with Crippen LogP contribution in [0.5, 0.6) is 0 Å². The number of hydrogen-bond acceptors (Lipinski definition) is 4. The molecule has 1 heterocycles. The quantitative estimate of drug-likeness (QED) is 0.821. The van der Waals surface area contributed by atoms with Gasteiger partial charge in [-0.25, -0.2) is 0 Å². The summed E-state index contributed by atoms with van der Waals surface area (Å²) < 4.78 is 0. The van der Waals surface area contributed by atoms with E-state index in [9.17, 15) is 9.59 Å². The average Bonchev–Trinajstić information content (AvgIpc) is 3.02. The summed E-state index contributed by atoms with van der Waals surface area (Å²) >= 11 is 1.63. The van der Waals surface area contributed by atoms with Crippen LogP contribution in [0.4, 0.5) is 17.1 Å². The van der Waals surface area contributed by atoms with E-state index in [1.807, 2.05) is 72.4 Å². The van der Waals surface area contributed by atoms with Crippen molar-refractivity contribution in [1.82, 2.24) is 0 Å². The predicted molar refractivity (Wildman–Crippen MR) is 116 cm³/mol. The number of hydrogen-bond donors (Lipinski definition) is 1. The third-order valence-corrected chi connectivity index (χ3v) is 6.66. The molecular weight excluding hydrogens is 370 g/mol. The summed E-state index contributed by atoms with van der Waals surface area (Å²) in [4.78, 5) is 28.6. The van der Waals surface area contributed by atoms with Gasteiger partial charge in [-0.15, -0.1) is 11.8 Å². The number of benzene rings is 2. The van der Waals surface area contributed by atoms with Gasteiger partial charge in [0.05, 0.1) is 5.75 Å². The molecular formula is C22H25N3O2S. The smallest absolute Gasteiger partial charge is 0.238 e. The Balaban J connectivity index is 1.50. The molecule has 0 radical (unpaired) electrons. The largest absolute Gasteiger partial charge is 0.378 e. The van der Waals surface area contributed by atoms with Crippen molar-refractivity contribution in [2.24, 2.45) is 5.92 Å². The highest BCUT2D eigenvalue weighted by molar-refractivity contribution is 8.00. The first kappa shape index (κ1) is 18.9. The number of thioether (sulfide) groups is 1. The number of nitrogens with zero attached hydrogens (tertiary/aromatic N) is 2. The lowest BCUT2D eigenvalue weighted by molar-refractivity contribution is -0.122. The fourth-order valence-corrected chi connectivity index (χ4v) is 4.68. The molecule has 2 aromatic rings. The lowest BCUT2D eigenvalue weighted by atomic mass is 9.85. The third-order valence-electron chi connectivity index (χ3n) is 5.45. The molecule has 2 aromatic carbocycles. The molecule has 0 bridgehead atoms. The van der Waals surface area contributed by atoms with Crippen molar-refractivity contribution < 1.29 is 9.59 Å². The zero-order valence-corrected chi connectivity index (χ0v) is 17.0. The maximum Gasteiger partial charge on any atom is 0.238 e. The minimum absolute atomic E-state index is 0.0471. The van der Waals surface area contributed by atoms with Gasteiger partial charge in [-0.05, 0) is 54.8 Å². The van der Waals surface area contributed by atoms with E-state index in [1.165, 1.54) is 0 Å². The van der Waals surface area contributed by atoms with Crippen LogP contribution in [0.15, 0.2) is 48.5 Å². The van der Waals surface area contributed by atoms with Gasteiger partial charge in [0.25, 0.3) is 0 Å². The zero-order chi connectivity index (χ0) is 19.7. The minimum Gasteiger partial charge on any atom is -0.378 e. The van der Waals surface area contributed by atoms with Crippen LogP contribution in [-0.2, 0) is 9.59 Å². The van der Waals surface area contributed by atoms with Crippen LogP contribution in [0, 0.1) is 5.92 Å². The summed E-state index contributed by atoms with van der Waals surface area (Å²) in [5.74, 6) is 0.880. The van der Waals surface area contributed by atoms with Gasteiger partial charge in [-0.2, -0.15) is 0 Å². The van der Waals surface area contributed by atoms with Crippen LogP contribution in [0.1, 0.15) is 30.2 Å². The molecule has 146 valence electrons. The summed E-state index contributed by atoms with van der Waals surface area (Å²) in [6.07, 6.45) is 3.13. The topological polar surface area (TPSA) is 52.6 Å². The van der Waals surface area contributed by atoms with Gasteiger partial charge in [-0.3, -0.25) is 14.5 Å². The molecule has 1 aliphatic carbocycles. The summed E-state index contributed by atoms with van der Waals surface area (Å²) in [6, 6.07) is 15.9. The summed E-state index contributed by atoms with van der Waals surface area (Å²) in [5, 5.41) is 2.95. The SMILES string of the molecule is CN(C)c1ccc(N2C(=O)CS[C@@H]2c2ccc(NC(=O)C3CCC3)cc2)cc1. The number of carbonyl (C=O) groups excluding carboxylic acids is 2. The monoisotopic (exact) mass is 395 g/mol. The summed E-state index contributed by atoms with van der Waals surface area (Å²) in [5.41, 5.74) is 3.89. The number of rotatable bonds is 5. The molecule has 6 heteroatoms. The van der Waals surface area contributed by atoms with Gasteiger partial charge in [0.1, 0.15) is 5.37 Å². The number of nitrogens with one attached hydrogen (secondary N) is 1. The lowest BCUT2D eigenvalue weighted by Crippen LogP contribution is -2.28. The molecule has 1 atom stereocenters. The second kappa shape index (κ2) is 7.87. The number of anilines is 3. The molecule has 0 spiro atoms. The number of amides is 2. The van der Waals surface area contributed by atoms with Gasteiger partial charge < -0.3 is 10.2 Å². The van der Waals surface area contributed by atoms with Crippen LogP contribution >= 0.6 is 11.8 Å². The first-order valence-corrected chi connectivity index (χ1v) is 10.7. The van der Waals surface area contributed by atoms with E-state index >= 15 is 0 Å². The van der Waals surface area contributed by atoms with Crippen molar-refractivity contribution >= 4 is 40.6 Å². The average molecular weight is 396 g/mol. The maximum absolute atomic E-state index is 12.5. The highest BCUT2D eigenvalue weighted by atomic mass is 32.2. The minimum atomic E-state index is -0.0471. The Morgan fingerprint density at radius 2 is 1.75 bits per heavy atom. The molecule has 2 aliphatic rings. The van der Waals surface area contributed by atoms with Crippen molar-refractivity contribution in [3.8, 4) is 0 Å². The van der Waals surface area contributed by atoms with E-state index in [0.29, 0.717) is 5.75 Å². The maximum atomic E-state index is 12.5. The molecule has 0 aromatic heterocycles. The van der Waals surface area contributed by atoms with Gasteiger partial charge in [0.15, 0.2) is 0 Å². The van der Waals surface area contributed by atoms with E-state index in [4.69, 9.17) is 0 Å². The Morgan fingerprint density at radius 3 is 2.32 bits per heavy atom. The van der Waals surface area contributed by atoms with Crippen LogP contribution in [0.3, 0.4) is 0 Å². The zero-order valence-electron chi connectivity index (χ0n) is 16.2. The van der Waals surface area contributed by atoms with Crippen molar-refractivity contribution in [3.63, 3.8) is 0 Å². The molecule has 0 unspecified atom stereocenters. The van der Waals surface area contributed by atoms with Crippen LogP contribution in [0.2, 0.25) is 0 Å². The fraction of sp³-hybridized carbons (Fsp3) is 0.364. The highest BCUT2D eigenvalue weighted by Gasteiger charge is 2.34. The Hall–Kier alpha value is -2.47. The first-order valence-electron chi connectivity index (χ1n) is 9.65. The second-order valence-corrected chi connectivity index (χ2v) is 8.65. The molecule has 1 aliphatic heterocycles. The molecule has 5 nitrogen and oxygen atoms in total. The van der Waals surface area contributed by atoms with E-state index in [0.717, 1.165) is 41.9 Å². The standard InChI is InChI=1S/C22H25N3O2S/c1-24(2)18-10-12-19(13-11-18)25-20(26)14-28-22(25)16-6-8-17(9-7-16)23-21(27)15-4-3-5-15/h6-13,15,22H,3-5,14H2,1-2H3,(H,23,27)/t22-/m1/s1. The van der Waals surface area contributed by atoms with Crippen molar-refractivity contribution in [3.05, 3.63) is 54.1 Å². The Kier molecular flexibility index (Phi) is 5.31.